The Labute approximate surface area is 111 Å². The Bertz CT molecular complexity index is 542. The van der Waals surface area contributed by atoms with Crippen LogP contribution in [0.4, 0.5) is 4.39 Å². The minimum Gasteiger partial charge on any atom is -0.312 e. The molecule has 94 valence electrons. The number of hydrogen-bond acceptors (Lipinski definition) is 3. The van der Waals surface area contributed by atoms with Gasteiger partial charge in [-0.2, -0.15) is 0 Å². The molecule has 3 nitrogen and oxygen atoms in total. The number of nitrogens with one attached hydrogen (secondary N) is 1. The van der Waals surface area contributed by atoms with Crippen molar-refractivity contribution in [1.82, 2.24) is 15.3 Å². The topological polar surface area (TPSA) is 37.8 Å². The summed E-state index contributed by atoms with van der Waals surface area (Å²) in [7, 11) is 0. The second kappa shape index (κ2) is 5.42. The van der Waals surface area contributed by atoms with Crippen molar-refractivity contribution in [3.63, 3.8) is 0 Å². The molecule has 0 bridgehead atoms. The molecule has 0 unspecified atom stereocenters. The van der Waals surface area contributed by atoms with Gasteiger partial charge in [-0.3, -0.25) is 0 Å². The highest BCUT2D eigenvalue weighted by atomic mass is 35.5. The quantitative estimate of drug-likeness (QED) is 0.860. The third kappa shape index (κ3) is 2.49. The SMILES string of the molecule is Cl.Fc1ccc(-c2ncc3c(n2)CCNC3)cc1. The van der Waals surface area contributed by atoms with E-state index in [-0.39, 0.29) is 18.2 Å². The minimum atomic E-state index is -0.240. The van der Waals surface area contributed by atoms with Crippen LogP contribution in [0.15, 0.2) is 30.5 Å². The monoisotopic (exact) mass is 265 g/mol. The molecule has 0 saturated carbocycles. The van der Waals surface area contributed by atoms with Crippen molar-refractivity contribution in [2.75, 3.05) is 6.54 Å². The Morgan fingerprint density at radius 3 is 2.72 bits per heavy atom. The first-order valence-electron chi connectivity index (χ1n) is 5.64. The van der Waals surface area contributed by atoms with Crippen molar-refractivity contribution < 1.29 is 4.39 Å². The lowest BCUT2D eigenvalue weighted by Crippen LogP contribution is -2.24. The number of fused-ring (bicyclic) bond motifs is 1. The molecule has 1 aromatic carbocycles. The van der Waals surface area contributed by atoms with E-state index in [1.807, 2.05) is 6.20 Å². The highest BCUT2D eigenvalue weighted by molar-refractivity contribution is 5.85. The zero-order valence-corrected chi connectivity index (χ0v) is 10.5. The molecule has 0 spiro atoms. The molecule has 0 aliphatic carbocycles. The smallest absolute Gasteiger partial charge is 0.159 e. The Kier molecular flexibility index (Phi) is 3.89. The van der Waals surface area contributed by atoms with Gasteiger partial charge in [-0.25, -0.2) is 14.4 Å². The van der Waals surface area contributed by atoms with Crippen LogP contribution in [0.5, 0.6) is 0 Å². The van der Waals surface area contributed by atoms with Crippen molar-refractivity contribution in [3.8, 4) is 11.4 Å². The maximum atomic E-state index is 12.8. The van der Waals surface area contributed by atoms with Crippen LogP contribution in [0.3, 0.4) is 0 Å². The Morgan fingerprint density at radius 1 is 1.17 bits per heavy atom. The van der Waals surface area contributed by atoms with E-state index in [9.17, 15) is 4.39 Å². The first-order chi connectivity index (χ1) is 8.33. The van der Waals surface area contributed by atoms with Crippen LogP contribution in [-0.4, -0.2) is 16.5 Å². The number of aromatic nitrogens is 2. The third-order valence-electron chi connectivity index (χ3n) is 2.91. The lowest BCUT2D eigenvalue weighted by Gasteiger charge is -2.16. The van der Waals surface area contributed by atoms with Gasteiger partial charge in [0.25, 0.3) is 0 Å². The Balaban J connectivity index is 0.00000120. The standard InChI is InChI=1S/C13H12FN3.ClH/c14-11-3-1-9(2-4-11)13-16-8-10-7-15-6-5-12(10)17-13;/h1-4,8,15H,5-7H2;1H. The maximum Gasteiger partial charge on any atom is 0.159 e. The number of halogens is 2. The third-order valence-corrected chi connectivity index (χ3v) is 2.91. The number of benzene rings is 1. The van der Waals surface area contributed by atoms with Crippen molar-refractivity contribution in [2.24, 2.45) is 0 Å². The summed E-state index contributed by atoms with van der Waals surface area (Å²) in [6.07, 6.45) is 2.78. The molecule has 0 atom stereocenters. The molecule has 1 aliphatic heterocycles. The summed E-state index contributed by atoms with van der Waals surface area (Å²) < 4.78 is 12.8. The van der Waals surface area contributed by atoms with Gasteiger partial charge in [0.05, 0.1) is 5.69 Å². The molecule has 1 N–H and O–H groups in total. The van der Waals surface area contributed by atoms with Crippen LogP contribution in [0.25, 0.3) is 11.4 Å². The summed E-state index contributed by atoms with van der Waals surface area (Å²) in [5.74, 6) is 0.432. The van der Waals surface area contributed by atoms with E-state index in [1.54, 1.807) is 12.1 Å². The zero-order valence-electron chi connectivity index (χ0n) is 9.69. The molecule has 2 aromatic rings. The van der Waals surface area contributed by atoms with Gasteiger partial charge < -0.3 is 5.32 Å². The van der Waals surface area contributed by atoms with E-state index in [0.717, 1.165) is 36.3 Å². The molecular formula is C13H13ClFN3. The summed E-state index contributed by atoms with van der Waals surface area (Å²) in [6, 6.07) is 6.27. The van der Waals surface area contributed by atoms with Gasteiger partial charge in [-0.1, -0.05) is 0 Å². The molecule has 3 rings (SSSR count). The van der Waals surface area contributed by atoms with E-state index in [4.69, 9.17) is 0 Å². The summed E-state index contributed by atoms with van der Waals surface area (Å²) in [6.45, 7) is 1.78. The van der Waals surface area contributed by atoms with E-state index in [1.165, 1.54) is 12.1 Å². The Hall–Kier alpha value is -1.52. The fraction of sp³-hybridized carbons (Fsp3) is 0.231. The van der Waals surface area contributed by atoms with Gasteiger partial charge >= 0.3 is 0 Å². The molecule has 1 aromatic heterocycles. The van der Waals surface area contributed by atoms with Crippen LogP contribution in [0, 0.1) is 5.82 Å². The van der Waals surface area contributed by atoms with Gasteiger partial charge in [-0.15, -0.1) is 12.4 Å². The van der Waals surface area contributed by atoms with Crippen LogP contribution in [0.1, 0.15) is 11.3 Å². The second-order valence-electron chi connectivity index (χ2n) is 4.10. The first-order valence-corrected chi connectivity index (χ1v) is 5.64. The average molecular weight is 266 g/mol. The van der Waals surface area contributed by atoms with Crippen molar-refractivity contribution in [2.45, 2.75) is 13.0 Å². The molecule has 0 fully saturated rings. The van der Waals surface area contributed by atoms with E-state index in [2.05, 4.69) is 15.3 Å². The second-order valence-corrected chi connectivity index (χ2v) is 4.10. The largest absolute Gasteiger partial charge is 0.312 e. The van der Waals surface area contributed by atoms with Crippen LogP contribution in [0.2, 0.25) is 0 Å². The maximum absolute atomic E-state index is 12.8. The fourth-order valence-electron chi connectivity index (χ4n) is 1.97. The molecule has 0 radical (unpaired) electrons. The van der Waals surface area contributed by atoms with Gasteiger partial charge in [0.2, 0.25) is 0 Å². The number of hydrogen-bond donors (Lipinski definition) is 1. The van der Waals surface area contributed by atoms with Crippen molar-refractivity contribution >= 4 is 12.4 Å². The molecule has 0 saturated heterocycles. The molecule has 0 amide bonds. The molecular weight excluding hydrogens is 253 g/mol. The molecule has 5 heteroatoms. The van der Waals surface area contributed by atoms with Gasteiger partial charge in [0.15, 0.2) is 5.82 Å². The van der Waals surface area contributed by atoms with E-state index < -0.39 is 0 Å². The van der Waals surface area contributed by atoms with Gasteiger partial charge in [0, 0.05) is 36.8 Å². The normalized spacial score (nSPS) is 13.6. The highest BCUT2D eigenvalue weighted by Crippen LogP contribution is 2.18. The van der Waals surface area contributed by atoms with Crippen molar-refractivity contribution in [3.05, 3.63) is 47.5 Å². The number of rotatable bonds is 1. The summed E-state index contributed by atoms with van der Waals surface area (Å²) in [5, 5.41) is 3.28. The van der Waals surface area contributed by atoms with Gasteiger partial charge in [0.1, 0.15) is 5.82 Å². The van der Waals surface area contributed by atoms with Crippen LogP contribution >= 0.6 is 12.4 Å². The minimum absolute atomic E-state index is 0. The summed E-state index contributed by atoms with van der Waals surface area (Å²) in [4.78, 5) is 8.86. The molecule has 18 heavy (non-hydrogen) atoms. The lowest BCUT2D eigenvalue weighted by molar-refractivity contribution is 0.625. The fourth-order valence-corrected chi connectivity index (χ4v) is 1.97. The zero-order chi connectivity index (χ0) is 11.7. The summed E-state index contributed by atoms with van der Waals surface area (Å²) >= 11 is 0. The highest BCUT2D eigenvalue weighted by Gasteiger charge is 2.12. The molecule has 2 heterocycles. The average Bonchev–Trinajstić information content (AvgIpc) is 2.39. The van der Waals surface area contributed by atoms with E-state index >= 15 is 0 Å². The van der Waals surface area contributed by atoms with Gasteiger partial charge in [-0.05, 0) is 24.3 Å². The van der Waals surface area contributed by atoms with E-state index in [0.29, 0.717) is 5.82 Å². The molecule has 1 aliphatic rings. The van der Waals surface area contributed by atoms with Crippen molar-refractivity contribution in [1.29, 1.82) is 0 Å². The number of nitrogens with zero attached hydrogens (tertiary/aromatic N) is 2. The lowest BCUT2D eigenvalue weighted by atomic mass is 10.1. The predicted molar refractivity (Wildman–Crippen MR) is 70.1 cm³/mol. The van der Waals surface area contributed by atoms with Crippen LogP contribution < -0.4 is 5.32 Å². The van der Waals surface area contributed by atoms with Crippen LogP contribution in [-0.2, 0) is 13.0 Å². The Morgan fingerprint density at radius 2 is 1.94 bits per heavy atom. The summed E-state index contributed by atoms with van der Waals surface area (Å²) in [5.41, 5.74) is 3.10. The first kappa shape index (κ1) is 12.9. The predicted octanol–water partition coefficient (Wildman–Crippen LogP) is 2.35.